The SMILES string of the molecule is Fc1ccc(-c2cccc(-c3nc4c(nc5oc6ccccc6n54)c4ccccc34)c2)c(F)n1. The molecule has 0 radical (unpaired) electrons. The number of fused-ring (bicyclic) bond motifs is 7. The third kappa shape index (κ3) is 2.67. The summed E-state index contributed by atoms with van der Waals surface area (Å²) >= 11 is 0. The van der Waals surface area contributed by atoms with Gasteiger partial charge in [0, 0.05) is 21.9 Å². The maximum atomic E-state index is 14.4. The zero-order valence-electron chi connectivity index (χ0n) is 17.5. The van der Waals surface area contributed by atoms with Crippen LogP contribution in [-0.2, 0) is 0 Å². The molecule has 7 heteroatoms. The average Bonchev–Trinajstić information content (AvgIpc) is 3.40. The molecule has 0 aliphatic heterocycles. The zero-order valence-corrected chi connectivity index (χ0v) is 17.5. The molecular weight excluding hydrogens is 434 g/mol. The molecular formula is C27H14F2N4O. The second-order valence-electron chi connectivity index (χ2n) is 8.03. The van der Waals surface area contributed by atoms with Crippen LogP contribution in [0.3, 0.4) is 0 Å². The molecule has 0 saturated heterocycles. The van der Waals surface area contributed by atoms with E-state index < -0.39 is 11.9 Å². The minimum absolute atomic E-state index is 0.223. The number of pyridine rings is 2. The van der Waals surface area contributed by atoms with Gasteiger partial charge in [-0.1, -0.05) is 54.6 Å². The molecule has 0 saturated carbocycles. The monoisotopic (exact) mass is 448 g/mol. The van der Waals surface area contributed by atoms with Crippen LogP contribution in [0.4, 0.5) is 8.78 Å². The van der Waals surface area contributed by atoms with Crippen molar-refractivity contribution in [3.63, 3.8) is 0 Å². The molecule has 0 spiro atoms. The largest absolute Gasteiger partial charge is 0.423 e. The highest BCUT2D eigenvalue weighted by Crippen LogP contribution is 2.36. The van der Waals surface area contributed by atoms with Crippen molar-refractivity contribution in [2.24, 2.45) is 0 Å². The number of aromatic nitrogens is 4. The van der Waals surface area contributed by atoms with Crippen LogP contribution < -0.4 is 0 Å². The molecule has 0 bridgehead atoms. The van der Waals surface area contributed by atoms with E-state index in [0.29, 0.717) is 17.1 Å². The number of rotatable bonds is 2. The van der Waals surface area contributed by atoms with Gasteiger partial charge in [0.25, 0.3) is 0 Å². The first-order valence-corrected chi connectivity index (χ1v) is 10.7. The van der Waals surface area contributed by atoms with E-state index in [1.54, 1.807) is 6.07 Å². The fraction of sp³-hybridized carbons (Fsp3) is 0. The average molecular weight is 448 g/mol. The number of hydrogen-bond donors (Lipinski definition) is 0. The third-order valence-electron chi connectivity index (χ3n) is 6.05. The van der Waals surface area contributed by atoms with Gasteiger partial charge in [-0.3, -0.25) is 0 Å². The number of halogens is 2. The summed E-state index contributed by atoms with van der Waals surface area (Å²) in [5, 5.41) is 1.85. The summed E-state index contributed by atoms with van der Waals surface area (Å²) in [6.07, 6.45) is 0. The number of hydrogen-bond acceptors (Lipinski definition) is 4. The topological polar surface area (TPSA) is 56.2 Å². The van der Waals surface area contributed by atoms with Crippen LogP contribution in [0, 0.1) is 11.9 Å². The van der Waals surface area contributed by atoms with Crippen molar-refractivity contribution in [1.29, 1.82) is 0 Å². The van der Waals surface area contributed by atoms with Crippen molar-refractivity contribution < 1.29 is 13.2 Å². The molecule has 5 nitrogen and oxygen atoms in total. The quantitative estimate of drug-likeness (QED) is 0.273. The van der Waals surface area contributed by atoms with E-state index in [9.17, 15) is 8.78 Å². The third-order valence-corrected chi connectivity index (χ3v) is 6.05. The van der Waals surface area contributed by atoms with Gasteiger partial charge in [-0.15, -0.1) is 0 Å². The molecule has 4 heterocycles. The van der Waals surface area contributed by atoms with Crippen molar-refractivity contribution in [2.75, 3.05) is 0 Å². The van der Waals surface area contributed by atoms with Gasteiger partial charge in [-0.2, -0.15) is 18.7 Å². The molecule has 3 aromatic carbocycles. The predicted octanol–water partition coefficient (Wildman–Crippen LogP) is 6.79. The second kappa shape index (κ2) is 6.92. The van der Waals surface area contributed by atoms with E-state index >= 15 is 0 Å². The molecule has 0 N–H and O–H groups in total. The first kappa shape index (κ1) is 18.9. The molecule has 0 atom stereocenters. The molecule has 0 amide bonds. The highest BCUT2D eigenvalue weighted by Gasteiger charge is 2.19. The lowest BCUT2D eigenvalue weighted by Crippen LogP contribution is -1.94. The van der Waals surface area contributed by atoms with Crippen LogP contribution in [0.15, 0.2) is 89.3 Å². The van der Waals surface area contributed by atoms with E-state index in [0.717, 1.165) is 44.7 Å². The second-order valence-corrected chi connectivity index (χ2v) is 8.03. The lowest BCUT2D eigenvalue weighted by molar-refractivity contribution is 0.515. The molecule has 0 aliphatic carbocycles. The molecule has 0 fully saturated rings. The Labute approximate surface area is 190 Å². The number of oxazole rings is 1. The van der Waals surface area contributed by atoms with Crippen molar-refractivity contribution in [3.8, 4) is 22.4 Å². The first-order chi connectivity index (χ1) is 16.7. The Bertz CT molecular complexity index is 1900. The highest BCUT2D eigenvalue weighted by atomic mass is 19.1. The van der Waals surface area contributed by atoms with E-state index in [1.165, 1.54) is 6.07 Å². The van der Waals surface area contributed by atoms with Gasteiger partial charge in [0.05, 0.1) is 11.2 Å². The maximum Gasteiger partial charge on any atom is 0.309 e. The van der Waals surface area contributed by atoms with Crippen LogP contribution >= 0.6 is 0 Å². The van der Waals surface area contributed by atoms with E-state index in [-0.39, 0.29) is 5.56 Å². The number of para-hydroxylation sites is 2. The number of benzene rings is 3. The Kier molecular flexibility index (Phi) is 3.84. The molecule has 0 unspecified atom stereocenters. The lowest BCUT2D eigenvalue weighted by Gasteiger charge is -2.10. The highest BCUT2D eigenvalue weighted by molar-refractivity contribution is 6.10. The molecule has 34 heavy (non-hydrogen) atoms. The van der Waals surface area contributed by atoms with Crippen molar-refractivity contribution in [1.82, 2.24) is 19.4 Å². The molecule has 0 aliphatic rings. The first-order valence-electron chi connectivity index (χ1n) is 10.7. The minimum Gasteiger partial charge on any atom is -0.423 e. The Balaban J connectivity index is 1.54. The van der Waals surface area contributed by atoms with Crippen LogP contribution in [0.1, 0.15) is 0 Å². The lowest BCUT2D eigenvalue weighted by atomic mass is 9.99. The number of nitrogens with zero attached hydrogens (tertiary/aromatic N) is 4. The van der Waals surface area contributed by atoms with Gasteiger partial charge in [-0.25, -0.2) is 9.38 Å². The van der Waals surface area contributed by atoms with Crippen molar-refractivity contribution in [2.45, 2.75) is 0 Å². The zero-order chi connectivity index (χ0) is 22.8. The van der Waals surface area contributed by atoms with Crippen molar-refractivity contribution >= 4 is 38.9 Å². The predicted molar refractivity (Wildman–Crippen MR) is 126 cm³/mol. The summed E-state index contributed by atoms with van der Waals surface area (Å²) in [6.45, 7) is 0. The summed E-state index contributed by atoms with van der Waals surface area (Å²) in [5.74, 6) is -1.24. The normalized spacial score (nSPS) is 11.8. The standard InChI is InChI=1S/C27H14F2N4O/c28-22-13-12-17(25(29)30-22)15-6-5-7-16(14-15)23-18-8-1-2-9-19(18)24-26(31-23)33-20-10-3-4-11-21(20)34-27(33)32-24/h1-14H. The van der Waals surface area contributed by atoms with Gasteiger partial charge >= 0.3 is 5.84 Å². The van der Waals surface area contributed by atoms with Gasteiger partial charge in [-0.05, 0) is 35.9 Å². The maximum absolute atomic E-state index is 14.4. The van der Waals surface area contributed by atoms with E-state index in [1.807, 2.05) is 71.1 Å². The Morgan fingerprint density at radius 1 is 0.706 bits per heavy atom. The minimum atomic E-state index is -0.854. The summed E-state index contributed by atoms with van der Waals surface area (Å²) < 4.78 is 35.6. The van der Waals surface area contributed by atoms with Crippen molar-refractivity contribution in [3.05, 3.63) is 96.8 Å². The van der Waals surface area contributed by atoms with Gasteiger partial charge < -0.3 is 4.42 Å². The van der Waals surface area contributed by atoms with E-state index in [2.05, 4.69) is 4.98 Å². The smallest absolute Gasteiger partial charge is 0.309 e. The van der Waals surface area contributed by atoms with Gasteiger partial charge in [0.15, 0.2) is 11.2 Å². The molecule has 162 valence electrons. The summed E-state index contributed by atoms with van der Waals surface area (Å²) in [4.78, 5) is 13.1. The summed E-state index contributed by atoms with van der Waals surface area (Å²) in [7, 11) is 0. The summed E-state index contributed by atoms with van der Waals surface area (Å²) in [6, 6.07) is 25.5. The number of imidazole rings is 1. The Hall–Kier alpha value is -4.65. The fourth-order valence-electron chi connectivity index (χ4n) is 4.53. The molecule has 4 aromatic heterocycles. The summed E-state index contributed by atoms with van der Waals surface area (Å²) in [5.41, 5.74) is 5.35. The Morgan fingerprint density at radius 2 is 1.50 bits per heavy atom. The van der Waals surface area contributed by atoms with Crippen LogP contribution in [0.2, 0.25) is 0 Å². The van der Waals surface area contributed by atoms with Crippen LogP contribution in [-0.4, -0.2) is 19.4 Å². The van der Waals surface area contributed by atoms with Gasteiger partial charge in [0.2, 0.25) is 11.9 Å². The van der Waals surface area contributed by atoms with E-state index in [4.69, 9.17) is 14.4 Å². The fourth-order valence-corrected chi connectivity index (χ4v) is 4.53. The Morgan fingerprint density at radius 3 is 2.38 bits per heavy atom. The molecule has 7 rings (SSSR count). The van der Waals surface area contributed by atoms with Gasteiger partial charge in [0.1, 0.15) is 5.52 Å². The van der Waals surface area contributed by atoms with Crippen LogP contribution in [0.5, 0.6) is 0 Å². The van der Waals surface area contributed by atoms with Crippen LogP contribution in [0.25, 0.3) is 61.3 Å². The molecule has 7 aromatic rings.